The molecule has 1 atom stereocenters. The molecule has 110 valence electrons. The Morgan fingerprint density at radius 2 is 2.00 bits per heavy atom. The van der Waals surface area contributed by atoms with Crippen molar-refractivity contribution in [1.29, 1.82) is 0 Å². The molecule has 0 bridgehead atoms. The molecule has 4 heteroatoms. The second-order valence-electron chi connectivity index (χ2n) is 5.21. The zero-order valence-corrected chi connectivity index (χ0v) is 12.1. The van der Waals surface area contributed by atoms with E-state index in [9.17, 15) is 9.18 Å². The molecule has 1 aromatic carbocycles. The van der Waals surface area contributed by atoms with E-state index in [4.69, 9.17) is 4.74 Å². The zero-order chi connectivity index (χ0) is 14.5. The van der Waals surface area contributed by atoms with Crippen LogP contribution < -0.4 is 0 Å². The Bertz CT molecular complexity index is 442. The first-order valence-electron chi connectivity index (χ1n) is 7.31. The van der Waals surface area contributed by atoms with Crippen molar-refractivity contribution in [2.45, 2.75) is 32.8 Å². The van der Waals surface area contributed by atoms with Crippen LogP contribution in [0.1, 0.15) is 38.4 Å². The molecular weight excluding hydrogens is 257 g/mol. The van der Waals surface area contributed by atoms with Crippen LogP contribution in [-0.2, 0) is 9.53 Å². The summed E-state index contributed by atoms with van der Waals surface area (Å²) in [4.78, 5) is 14.3. The quantitative estimate of drug-likeness (QED) is 0.847. The highest BCUT2D eigenvalue weighted by Crippen LogP contribution is 2.24. The van der Waals surface area contributed by atoms with Crippen molar-refractivity contribution in [1.82, 2.24) is 4.90 Å². The Morgan fingerprint density at radius 3 is 2.60 bits per heavy atom. The maximum Gasteiger partial charge on any atom is 0.225 e. The largest absolute Gasteiger partial charge is 0.370 e. The number of nitrogens with zero attached hydrogens (tertiary/aromatic N) is 1. The van der Waals surface area contributed by atoms with E-state index in [1.807, 2.05) is 18.7 Å². The lowest BCUT2D eigenvalue weighted by atomic mass is 10.0. The Labute approximate surface area is 119 Å². The fourth-order valence-corrected chi connectivity index (χ4v) is 2.62. The molecule has 0 N–H and O–H groups in total. The Balaban J connectivity index is 2.04. The van der Waals surface area contributed by atoms with Crippen molar-refractivity contribution in [3.05, 3.63) is 35.6 Å². The molecule has 1 amide bonds. The summed E-state index contributed by atoms with van der Waals surface area (Å²) in [5, 5.41) is 0. The van der Waals surface area contributed by atoms with Gasteiger partial charge in [0.05, 0.1) is 13.2 Å². The van der Waals surface area contributed by atoms with Crippen molar-refractivity contribution < 1.29 is 13.9 Å². The molecular formula is C16H22FNO2. The summed E-state index contributed by atoms with van der Waals surface area (Å²) in [7, 11) is 0. The van der Waals surface area contributed by atoms with E-state index in [0.29, 0.717) is 19.7 Å². The van der Waals surface area contributed by atoms with Crippen LogP contribution in [-0.4, -0.2) is 30.5 Å². The molecule has 1 unspecified atom stereocenters. The topological polar surface area (TPSA) is 29.5 Å². The Morgan fingerprint density at radius 1 is 1.35 bits per heavy atom. The van der Waals surface area contributed by atoms with Crippen LogP contribution in [0, 0.1) is 11.7 Å². The molecule has 1 fully saturated rings. The monoisotopic (exact) mass is 279 g/mol. The Kier molecular flexibility index (Phi) is 5.12. The molecule has 0 radical (unpaired) electrons. The van der Waals surface area contributed by atoms with Crippen molar-refractivity contribution in [2.24, 2.45) is 5.92 Å². The maximum atomic E-state index is 13.0. The van der Waals surface area contributed by atoms with E-state index < -0.39 is 0 Å². The Hall–Kier alpha value is -1.42. The molecule has 1 aliphatic heterocycles. The predicted molar refractivity (Wildman–Crippen MR) is 75.7 cm³/mol. The summed E-state index contributed by atoms with van der Waals surface area (Å²) in [6, 6.07) is 6.32. The summed E-state index contributed by atoms with van der Waals surface area (Å²) < 4.78 is 18.7. The fourth-order valence-electron chi connectivity index (χ4n) is 2.62. The minimum Gasteiger partial charge on any atom is -0.370 e. The van der Waals surface area contributed by atoms with Crippen LogP contribution in [0.4, 0.5) is 4.39 Å². The summed E-state index contributed by atoms with van der Waals surface area (Å²) in [6.07, 6.45) is 1.59. The van der Waals surface area contributed by atoms with E-state index in [-0.39, 0.29) is 23.7 Å². The third kappa shape index (κ3) is 3.37. The number of morpholine rings is 1. The SMILES string of the molecule is CCC(CC)C(=O)N1CCOC(c2ccc(F)cc2)C1. The maximum absolute atomic E-state index is 13.0. The summed E-state index contributed by atoms with van der Waals surface area (Å²) >= 11 is 0. The molecule has 20 heavy (non-hydrogen) atoms. The van der Waals surface area contributed by atoms with E-state index in [2.05, 4.69) is 0 Å². The van der Waals surface area contributed by atoms with Gasteiger partial charge in [0.25, 0.3) is 0 Å². The average Bonchev–Trinajstić information content (AvgIpc) is 2.49. The molecule has 1 heterocycles. The highest BCUT2D eigenvalue weighted by Gasteiger charge is 2.28. The molecule has 0 saturated carbocycles. The van der Waals surface area contributed by atoms with Crippen LogP contribution >= 0.6 is 0 Å². The summed E-state index contributed by atoms with van der Waals surface area (Å²) in [6.45, 7) is 5.83. The number of hydrogen-bond acceptors (Lipinski definition) is 2. The molecule has 2 rings (SSSR count). The normalized spacial score (nSPS) is 19.4. The molecule has 3 nitrogen and oxygen atoms in total. The number of halogens is 1. The van der Waals surface area contributed by atoms with Gasteiger partial charge in [0.15, 0.2) is 0 Å². The van der Waals surface area contributed by atoms with E-state index >= 15 is 0 Å². The van der Waals surface area contributed by atoms with Crippen LogP contribution in [0.2, 0.25) is 0 Å². The number of carbonyl (C=O) groups excluding carboxylic acids is 1. The van der Waals surface area contributed by atoms with Gasteiger partial charge in [0, 0.05) is 12.5 Å². The standard InChI is InChI=1S/C16H22FNO2/c1-3-12(4-2)16(19)18-9-10-20-15(11-18)13-5-7-14(17)8-6-13/h5-8,12,15H,3-4,9-11H2,1-2H3. The number of benzene rings is 1. The summed E-state index contributed by atoms with van der Waals surface area (Å²) in [5.74, 6) is 0.0573. The smallest absolute Gasteiger partial charge is 0.225 e. The van der Waals surface area contributed by atoms with Crippen molar-refractivity contribution >= 4 is 5.91 Å². The van der Waals surface area contributed by atoms with Gasteiger partial charge in [-0.25, -0.2) is 4.39 Å². The molecule has 0 spiro atoms. The van der Waals surface area contributed by atoms with Crippen LogP contribution in [0.3, 0.4) is 0 Å². The minimum atomic E-state index is -0.255. The number of ether oxygens (including phenoxy) is 1. The average molecular weight is 279 g/mol. The van der Waals surface area contributed by atoms with E-state index in [1.165, 1.54) is 12.1 Å². The van der Waals surface area contributed by atoms with Gasteiger partial charge in [-0.2, -0.15) is 0 Å². The van der Waals surface area contributed by atoms with Gasteiger partial charge < -0.3 is 9.64 Å². The van der Waals surface area contributed by atoms with Gasteiger partial charge in [0.1, 0.15) is 11.9 Å². The van der Waals surface area contributed by atoms with Gasteiger partial charge in [-0.3, -0.25) is 4.79 Å². The van der Waals surface area contributed by atoms with Crippen molar-refractivity contribution in [3.8, 4) is 0 Å². The minimum absolute atomic E-state index is 0.0990. The lowest BCUT2D eigenvalue weighted by Crippen LogP contribution is -2.44. The van der Waals surface area contributed by atoms with Crippen molar-refractivity contribution in [2.75, 3.05) is 19.7 Å². The van der Waals surface area contributed by atoms with Gasteiger partial charge in [-0.1, -0.05) is 26.0 Å². The first-order valence-corrected chi connectivity index (χ1v) is 7.31. The number of carbonyl (C=O) groups is 1. The molecule has 1 saturated heterocycles. The van der Waals surface area contributed by atoms with Crippen LogP contribution in [0.5, 0.6) is 0 Å². The third-order valence-electron chi connectivity index (χ3n) is 3.95. The second kappa shape index (κ2) is 6.84. The molecule has 1 aliphatic rings. The number of hydrogen-bond donors (Lipinski definition) is 0. The number of amides is 1. The molecule has 0 aliphatic carbocycles. The highest BCUT2D eigenvalue weighted by molar-refractivity contribution is 5.78. The predicted octanol–water partition coefficient (Wildman–Crippen LogP) is 3.16. The van der Waals surface area contributed by atoms with Crippen LogP contribution in [0.15, 0.2) is 24.3 Å². The summed E-state index contributed by atoms with van der Waals surface area (Å²) in [5.41, 5.74) is 0.924. The lowest BCUT2D eigenvalue weighted by molar-refractivity contribution is -0.143. The highest BCUT2D eigenvalue weighted by atomic mass is 19.1. The van der Waals surface area contributed by atoms with Gasteiger partial charge in [-0.05, 0) is 30.5 Å². The lowest BCUT2D eigenvalue weighted by Gasteiger charge is -2.35. The van der Waals surface area contributed by atoms with Crippen LogP contribution in [0.25, 0.3) is 0 Å². The van der Waals surface area contributed by atoms with Crippen molar-refractivity contribution in [3.63, 3.8) is 0 Å². The molecule has 0 aromatic heterocycles. The van der Waals surface area contributed by atoms with E-state index in [0.717, 1.165) is 18.4 Å². The first kappa shape index (κ1) is 15.0. The van der Waals surface area contributed by atoms with Gasteiger partial charge in [0.2, 0.25) is 5.91 Å². The second-order valence-corrected chi connectivity index (χ2v) is 5.21. The zero-order valence-electron chi connectivity index (χ0n) is 12.1. The molecule has 1 aromatic rings. The van der Waals surface area contributed by atoms with Gasteiger partial charge >= 0.3 is 0 Å². The van der Waals surface area contributed by atoms with Gasteiger partial charge in [-0.15, -0.1) is 0 Å². The fraction of sp³-hybridized carbons (Fsp3) is 0.562. The third-order valence-corrected chi connectivity index (χ3v) is 3.95. The number of rotatable bonds is 4. The van der Waals surface area contributed by atoms with E-state index in [1.54, 1.807) is 12.1 Å². The first-order chi connectivity index (χ1) is 9.65.